The Balaban J connectivity index is 1.26. The summed E-state index contributed by atoms with van der Waals surface area (Å²) in [7, 11) is 0. The van der Waals surface area contributed by atoms with Crippen molar-refractivity contribution in [2.45, 2.75) is 19.4 Å². The highest BCUT2D eigenvalue weighted by molar-refractivity contribution is 5.92. The van der Waals surface area contributed by atoms with Crippen LogP contribution >= 0.6 is 0 Å². The van der Waals surface area contributed by atoms with Gasteiger partial charge in [0.15, 0.2) is 0 Å². The molecular formula is C24H25FN4O3. The Labute approximate surface area is 185 Å². The van der Waals surface area contributed by atoms with E-state index in [4.69, 9.17) is 9.26 Å². The van der Waals surface area contributed by atoms with Gasteiger partial charge in [0, 0.05) is 23.2 Å². The van der Waals surface area contributed by atoms with E-state index in [9.17, 15) is 9.18 Å². The van der Waals surface area contributed by atoms with Crippen molar-refractivity contribution in [1.29, 1.82) is 0 Å². The monoisotopic (exact) mass is 436 g/mol. The van der Waals surface area contributed by atoms with Gasteiger partial charge in [-0.15, -0.1) is 0 Å². The number of amides is 1. The van der Waals surface area contributed by atoms with E-state index in [-0.39, 0.29) is 17.6 Å². The number of aromatic nitrogens is 2. The third-order valence-electron chi connectivity index (χ3n) is 5.36. The van der Waals surface area contributed by atoms with Crippen LogP contribution in [0.1, 0.15) is 18.7 Å². The summed E-state index contributed by atoms with van der Waals surface area (Å²) in [6.45, 7) is 6.09. The molecule has 0 atom stereocenters. The fourth-order valence-corrected chi connectivity index (χ4v) is 3.64. The van der Waals surface area contributed by atoms with Crippen LogP contribution in [-0.2, 0) is 11.3 Å². The molecule has 0 saturated carbocycles. The molecule has 0 aliphatic carbocycles. The molecule has 0 spiro atoms. The highest BCUT2D eigenvalue weighted by Crippen LogP contribution is 2.23. The third-order valence-corrected chi connectivity index (χ3v) is 5.36. The Bertz CT molecular complexity index is 1060. The van der Waals surface area contributed by atoms with Crippen LogP contribution in [0.4, 0.5) is 10.1 Å². The average Bonchev–Trinajstić information content (AvgIpc) is 3.27. The number of carbonyl (C=O) groups is 1. The maximum atomic E-state index is 13.1. The Morgan fingerprint density at radius 3 is 2.78 bits per heavy atom. The number of carbonyl (C=O) groups excluding carboxylic acids is 1. The van der Waals surface area contributed by atoms with Gasteiger partial charge < -0.3 is 14.6 Å². The minimum atomic E-state index is -0.307. The zero-order chi connectivity index (χ0) is 22.3. The number of rotatable bonds is 8. The Kier molecular flexibility index (Phi) is 6.91. The van der Waals surface area contributed by atoms with E-state index in [1.54, 1.807) is 18.2 Å². The molecule has 1 aromatic heterocycles. The molecule has 0 bridgehead atoms. The van der Waals surface area contributed by atoms with Crippen molar-refractivity contribution < 1.29 is 18.4 Å². The highest BCUT2D eigenvalue weighted by atomic mass is 19.1. The van der Waals surface area contributed by atoms with Crippen LogP contribution in [0.25, 0.3) is 11.4 Å². The van der Waals surface area contributed by atoms with Crippen molar-refractivity contribution in [2.75, 3.05) is 25.0 Å². The molecule has 1 amide bonds. The van der Waals surface area contributed by atoms with Gasteiger partial charge in [-0.2, -0.15) is 4.98 Å². The number of nitrogens with one attached hydrogen (secondary N) is 1. The fourth-order valence-electron chi connectivity index (χ4n) is 3.64. The number of benzene rings is 2. The Hall–Kier alpha value is -3.52. The Morgan fingerprint density at radius 2 is 2.03 bits per heavy atom. The van der Waals surface area contributed by atoms with E-state index in [0.717, 1.165) is 31.6 Å². The van der Waals surface area contributed by atoms with Gasteiger partial charge >= 0.3 is 0 Å². The van der Waals surface area contributed by atoms with Gasteiger partial charge in [0.25, 0.3) is 0 Å². The van der Waals surface area contributed by atoms with E-state index in [1.807, 2.05) is 24.3 Å². The number of halogens is 1. The first-order chi connectivity index (χ1) is 15.6. The summed E-state index contributed by atoms with van der Waals surface area (Å²) in [5.74, 6) is 1.29. The summed E-state index contributed by atoms with van der Waals surface area (Å²) >= 11 is 0. The van der Waals surface area contributed by atoms with Gasteiger partial charge in [-0.1, -0.05) is 23.9 Å². The van der Waals surface area contributed by atoms with E-state index < -0.39 is 0 Å². The van der Waals surface area contributed by atoms with Crippen LogP contribution in [-0.4, -0.2) is 40.6 Å². The largest absolute Gasteiger partial charge is 0.489 e. The van der Waals surface area contributed by atoms with Crippen LogP contribution in [0.5, 0.6) is 5.75 Å². The lowest BCUT2D eigenvalue weighted by Crippen LogP contribution is -2.37. The van der Waals surface area contributed by atoms with Gasteiger partial charge in [-0.3, -0.25) is 9.69 Å². The number of hydrogen-bond donors (Lipinski definition) is 1. The molecule has 1 saturated heterocycles. The van der Waals surface area contributed by atoms with Crippen LogP contribution in [0.15, 0.2) is 65.7 Å². The molecular weight excluding hydrogens is 411 g/mol. The summed E-state index contributed by atoms with van der Waals surface area (Å²) in [6.07, 6.45) is 3.17. The molecule has 1 aliphatic rings. The van der Waals surface area contributed by atoms with E-state index in [2.05, 4.69) is 26.9 Å². The van der Waals surface area contributed by atoms with Crippen molar-refractivity contribution in [3.05, 3.63) is 72.9 Å². The van der Waals surface area contributed by atoms with Crippen molar-refractivity contribution in [3.8, 4) is 17.1 Å². The fraction of sp³-hybridized carbons (Fsp3) is 0.292. The minimum absolute atomic E-state index is 0.0157. The normalized spacial score (nSPS) is 14.8. The SMILES string of the molecule is C=CCOc1cccc(NC(=O)C2CCN(Cc3nc(-c4ccc(F)cc4)no3)CC2)c1. The number of likely N-dealkylation sites (tertiary alicyclic amines) is 1. The molecule has 166 valence electrons. The second kappa shape index (κ2) is 10.2. The van der Waals surface area contributed by atoms with Gasteiger partial charge in [0.1, 0.15) is 18.2 Å². The number of hydrogen-bond acceptors (Lipinski definition) is 6. The standard InChI is InChI=1S/C24H25FN4O3/c1-2-14-31-21-5-3-4-20(15-21)26-24(30)18-10-12-29(13-11-18)16-22-27-23(28-32-22)17-6-8-19(25)9-7-17/h2-9,15,18H,1,10-14,16H2,(H,26,30). The van der Waals surface area contributed by atoms with Gasteiger partial charge in [0.2, 0.25) is 17.6 Å². The summed E-state index contributed by atoms with van der Waals surface area (Å²) in [4.78, 5) is 19.3. The molecule has 1 N–H and O–H groups in total. The Morgan fingerprint density at radius 1 is 1.25 bits per heavy atom. The number of piperidine rings is 1. The summed E-state index contributed by atoms with van der Waals surface area (Å²) < 4.78 is 23.9. The smallest absolute Gasteiger partial charge is 0.241 e. The third kappa shape index (κ3) is 5.59. The first kappa shape index (κ1) is 21.7. The van der Waals surface area contributed by atoms with E-state index >= 15 is 0 Å². The average molecular weight is 436 g/mol. The van der Waals surface area contributed by atoms with Crippen LogP contribution in [0, 0.1) is 11.7 Å². The molecule has 8 heteroatoms. The topological polar surface area (TPSA) is 80.5 Å². The molecule has 32 heavy (non-hydrogen) atoms. The van der Waals surface area contributed by atoms with Gasteiger partial charge in [0.05, 0.1) is 6.54 Å². The molecule has 3 aromatic rings. The van der Waals surface area contributed by atoms with Gasteiger partial charge in [-0.05, 0) is 62.3 Å². The predicted octanol–water partition coefficient (Wildman–Crippen LogP) is 4.29. The minimum Gasteiger partial charge on any atom is -0.489 e. The highest BCUT2D eigenvalue weighted by Gasteiger charge is 2.26. The zero-order valence-corrected chi connectivity index (χ0v) is 17.7. The van der Waals surface area contributed by atoms with Crippen molar-refractivity contribution in [3.63, 3.8) is 0 Å². The molecule has 2 aromatic carbocycles. The molecule has 0 radical (unpaired) electrons. The quantitative estimate of drug-likeness (QED) is 0.531. The second-order valence-electron chi connectivity index (χ2n) is 7.69. The van der Waals surface area contributed by atoms with E-state index in [1.165, 1.54) is 12.1 Å². The summed E-state index contributed by atoms with van der Waals surface area (Å²) in [5, 5.41) is 6.97. The molecule has 4 rings (SSSR count). The lowest BCUT2D eigenvalue weighted by atomic mass is 9.96. The first-order valence-corrected chi connectivity index (χ1v) is 10.6. The lowest BCUT2D eigenvalue weighted by Gasteiger charge is -2.30. The van der Waals surface area contributed by atoms with E-state index in [0.29, 0.717) is 36.2 Å². The summed E-state index contributed by atoms with van der Waals surface area (Å²) in [6, 6.07) is 13.3. The molecule has 2 heterocycles. The van der Waals surface area contributed by atoms with Crippen molar-refractivity contribution >= 4 is 11.6 Å². The predicted molar refractivity (Wildman–Crippen MR) is 118 cm³/mol. The second-order valence-corrected chi connectivity index (χ2v) is 7.69. The van der Waals surface area contributed by atoms with Crippen molar-refractivity contribution in [2.24, 2.45) is 5.92 Å². The van der Waals surface area contributed by atoms with Gasteiger partial charge in [-0.25, -0.2) is 4.39 Å². The van der Waals surface area contributed by atoms with Crippen LogP contribution < -0.4 is 10.1 Å². The zero-order valence-electron chi connectivity index (χ0n) is 17.7. The first-order valence-electron chi connectivity index (χ1n) is 10.6. The maximum absolute atomic E-state index is 13.1. The lowest BCUT2D eigenvalue weighted by molar-refractivity contribution is -0.121. The molecule has 7 nitrogen and oxygen atoms in total. The molecule has 1 aliphatic heterocycles. The number of nitrogens with zero attached hydrogens (tertiary/aromatic N) is 3. The molecule has 1 fully saturated rings. The molecule has 0 unspecified atom stereocenters. The summed E-state index contributed by atoms with van der Waals surface area (Å²) in [5.41, 5.74) is 1.42. The number of anilines is 1. The van der Waals surface area contributed by atoms with Crippen molar-refractivity contribution in [1.82, 2.24) is 15.0 Å². The maximum Gasteiger partial charge on any atom is 0.241 e. The number of ether oxygens (including phenoxy) is 1. The van der Waals surface area contributed by atoms with Crippen LogP contribution in [0.2, 0.25) is 0 Å². The van der Waals surface area contributed by atoms with Crippen LogP contribution in [0.3, 0.4) is 0 Å².